The van der Waals surface area contributed by atoms with E-state index in [9.17, 15) is 13.2 Å². The Hall–Kier alpha value is -2.76. The van der Waals surface area contributed by atoms with Crippen LogP contribution in [-0.2, 0) is 10.0 Å². The number of sulfonamides is 1. The molecule has 0 saturated carbocycles. The molecule has 158 valence electrons. The highest BCUT2D eigenvalue weighted by atomic mass is 32.2. The van der Waals surface area contributed by atoms with Gasteiger partial charge >= 0.3 is 0 Å². The number of para-hydroxylation sites is 1. The van der Waals surface area contributed by atoms with Gasteiger partial charge in [0.2, 0.25) is 10.0 Å². The quantitative estimate of drug-likeness (QED) is 0.534. The number of H-pyrrole nitrogens is 2. The van der Waals surface area contributed by atoms with Gasteiger partial charge in [0, 0.05) is 42.4 Å². The summed E-state index contributed by atoms with van der Waals surface area (Å²) >= 11 is 1.73. The maximum atomic E-state index is 12.7. The van der Waals surface area contributed by atoms with E-state index >= 15 is 0 Å². The Labute approximate surface area is 178 Å². The zero-order chi connectivity index (χ0) is 21.1. The fraction of sp³-hybridized carbons (Fsp3) is 0.263. The second-order valence-electron chi connectivity index (χ2n) is 6.59. The van der Waals surface area contributed by atoms with Gasteiger partial charge in [-0.1, -0.05) is 12.1 Å². The van der Waals surface area contributed by atoms with Crippen molar-refractivity contribution < 1.29 is 17.9 Å². The molecule has 1 aliphatic rings. The van der Waals surface area contributed by atoms with E-state index in [-0.39, 0.29) is 10.6 Å². The lowest BCUT2D eigenvalue weighted by Gasteiger charge is -2.24. The molecule has 1 saturated heterocycles. The second kappa shape index (κ2) is 8.54. The number of benzene rings is 1. The molecular weight excluding hydrogens is 426 g/mol. The summed E-state index contributed by atoms with van der Waals surface area (Å²) in [5, 5.41) is 9.64. The molecule has 3 heterocycles. The number of amides is 1. The minimum atomic E-state index is -3.61. The lowest BCUT2D eigenvalue weighted by molar-refractivity contribution is 0.102. The molecule has 2 aromatic heterocycles. The summed E-state index contributed by atoms with van der Waals surface area (Å²) in [7, 11) is -2.03. The van der Waals surface area contributed by atoms with E-state index in [1.807, 2.05) is 24.3 Å². The molecule has 1 amide bonds. The van der Waals surface area contributed by atoms with Gasteiger partial charge < -0.3 is 15.0 Å². The van der Waals surface area contributed by atoms with Crippen LogP contribution in [-0.4, -0.2) is 65.5 Å². The van der Waals surface area contributed by atoms with Crippen molar-refractivity contribution in [3.63, 3.8) is 0 Å². The fourth-order valence-corrected chi connectivity index (χ4v) is 5.74. The summed E-state index contributed by atoms with van der Waals surface area (Å²) in [6, 6.07) is 10.5. The van der Waals surface area contributed by atoms with E-state index < -0.39 is 15.9 Å². The molecule has 3 aromatic rings. The molecule has 0 unspecified atom stereocenters. The molecule has 0 bridgehead atoms. The standard InChI is InChI=1S/C19H21N5O4S2/c1-28-17-5-3-2-4-14(17)15-11-18(23-22-15)21-19(25)16-10-13(12-20-16)30(26,27)24-6-8-29-9-7-24/h2-5,10-12,20H,6-9H2,1H3,(H2,21,22,23,25). The molecule has 0 atom stereocenters. The number of nitrogens with one attached hydrogen (secondary N) is 3. The minimum absolute atomic E-state index is 0.0799. The molecule has 11 heteroatoms. The number of aromatic amines is 2. The van der Waals surface area contributed by atoms with Crippen molar-refractivity contribution in [1.82, 2.24) is 19.5 Å². The van der Waals surface area contributed by atoms with Crippen LogP contribution in [0.3, 0.4) is 0 Å². The number of hydrogen-bond acceptors (Lipinski definition) is 6. The van der Waals surface area contributed by atoms with E-state index in [0.717, 1.165) is 17.1 Å². The topological polar surface area (TPSA) is 120 Å². The number of methoxy groups -OCH3 is 1. The first-order valence-corrected chi connectivity index (χ1v) is 11.8. The molecule has 1 fully saturated rings. The predicted octanol–water partition coefficient (Wildman–Crippen LogP) is 2.40. The van der Waals surface area contributed by atoms with E-state index in [1.54, 1.807) is 24.9 Å². The van der Waals surface area contributed by atoms with Gasteiger partial charge in [-0.15, -0.1) is 0 Å². The van der Waals surface area contributed by atoms with Gasteiger partial charge in [-0.25, -0.2) is 8.42 Å². The van der Waals surface area contributed by atoms with Crippen molar-refractivity contribution in [2.24, 2.45) is 0 Å². The Balaban J connectivity index is 1.48. The second-order valence-corrected chi connectivity index (χ2v) is 9.75. The average molecular weight is 448 g/mol. The van der Waals surface area contributed by atoms with Gasteiger partial charge in [-0.3, -0.25) is 9.89 Å². The highest BCUT2D eigenvalue weighted by Gasteiger charge is 2.28. The monoisotopic (exact) mass is 447 g/mol. The van der Waals surface area contributed by atoms with E-state index in [4.69, 9.17) is 4.74 Å². The Bertz CT molecular complexity index is 1150. The van der Waals surface area contributed by atoms with Crippen LogP contribution in [0.4, 0.5) is 5.82 Å². The SMILES string of the molecule is COc1ccccc1-c1cc(NC(=O)c2cc(S(=O)(=O)N3CCSCC3)c[nH]2)n[nH]1. The van der Waals surface area contributed by atoms with Crippen LogP contribution in [0.25, 0.3) is 11.3 Å². The normalized spacial score (nSPS) is 15.1. The third kappa shape index (κ3) is 4.09. The third-order valence-electron chi connectivity index (χ3n) is 4.73. The van der Waals surface area contributed by atoms with Crippen molar-refractivity contribution >= 4 is 33.5 Å². The average Bonchev–Trinajstić information content (AvgIpc) is 3.45. The van der Waals surface area contributed by atoms with Crippen molar-refractivity contribution in [3.8, 4) is 17.0 Å². The molecule has 1 aliphatic heterocycles. The first kappa shape index (κ1) is 20.5. The molecule has 0 aliphatic carbocycles. The highest BCUT2D eigenvalue weighted by Crippen LogP contribution is 2.29. The molecule has 3 N–H and O–H groups in total. The summed E-state index contributed by atoms with van der Waals surface area (Å²) in [5.74, 6) is 2.04. The number of thioether (sulfide) groups is 1. The molecule has 4 rings (SSSR count). The van der Waals surface area contributed by atoms with Crippen LogP contribution >= 0.6 is 11.8 Å². The van der Waals surface area contributed by atoms with Gasteiger partial charge in [0.25, 0.3) is 5.91 Å². The van der Waals surface area contributed by atoms with Crippen molar-refractivity contribution in [2.75, 3.05) is 37.0 Å². The van der Waals surface area contributed by atoms with Crippen molar-refractivity contribution in [3.05, 3.63) is 48.3 Å². The van der Waals surface area contributed by atoms with E-state index in [1.165, 1.54) is 16.6 Å². The number of nitrogens with zero attached hydrogens (tertiary/aromatic N) is 2. The summed E-state index contributed by atoms with van der Waals surface area (Å²) in [4.78, 5) is 15.4. The van der Waals surface area contributed by atoms with Crippen LogP contribution in [0.2, 0.25) is 0 Å². The van der Waals surface area contributed by atoms with Gasteiger partial charge in [0.15, 0.2) is 5.82 Å². The number of carbonyl (C=O) groups excluding carboxylic acids is 1. The number of anilines is 1. The maximum absolute atomic E-state index is 12.7. The van der Waals surface area contributed by atoms with Crippen molar-refractivity contribution in [1.29, 1.82) is 0 Å². The van der Waals surface area contributed by atoms with Gasteiger partial charge in [0.1, 0.15) is 16.3 Å². The molecule has 0 radical (unpaired) electrons. The van der Waals surface area contributed by atoms with Crippen LogP contribution in [0.1, 0.15) is 10.5 Å². The van der Waals surface area contributed by atoms with E-state index in [0.29, 0.717) is 30.4 Å². The zero-order valence-electron chi connectivity index (χ0n) is 16.2. The molecule has 1 aromatic carbocycles. The first-order valence-electron chi connectivity index (χ1n) is 9.25. The summed E-state index contributed by atoms with van der Waals surface area (Å²) < 4.78 is 32.3. The minimum Gasteiger partial charge on any atom is -0.496 e. The Kier molecular flexibility index (Phi) is 5.84. The summed E-state index contributed by atoms with van der Waals surface area (Å²) in [6.45, 7) is 0.942. The first-order chi connectivity index (χ1) is 14.5. The highest BCUT2D eigenvalue weighted by molar-refractivity contribution is 7.99. The maximum Gasteiger partial charge on any atom is 0.273 e. The number of ether oxygens (including phenoxy) is 1. The van der Waals surface area contributed by atoms with Gasteiger partial charge in [-0.2, -0.15) is 21.2 Å². The van der Waals surface area contributed by atoms with Crippen LogP contribution in [0, 0.1) is 0 Å². The van der Waals surface area contributed by atoms with Crippen LogP contribution < -0.4 is 10.1 Å². The predicted molar refractivity (Wildman–Crippen MR) is 115 cm³/mol. The number of aromatic nitrogens is 3. The summed E-state index contributed by atoms with van der Waals surface area (Å²) in [5.41, 5.74) is 1.63. The number of hydrogen-bond donors (Lipinski definition) is 3. The largest absolute Gasteiger partial charge is 0.496 e. The molecule has 30 heavy (non-hydrogen) atoms. The van der Waals surface area contributed by atoms with Crippen molar-refractivity contribution in [2.45, 2.75) is 4.90 Å². The van der Waals surface area contributed by atoms with Crippen LogP contribution in [0.5, 0.6) is 5.75 Å². The van der Waals surface area contributed by atoms with Crippen LogP contribution in [0.15, 0.2) is 47.5 Å². The Morgan fingerprint density at radius 3 is 2.77 bits per heavy atom. The third-order valence-corrected chi connectivity index (χ3v) is 7.54. The lowest BCUT2D eigenvalue weighted by Crippen LogP contribution is -2.37. The van der Waals surface area contributed by atoms with Gasteiger partial charge in [0.05, 0.1) is 12.8 Å². The summed E-state index contributed by atoms with van der Waals surface area (Å²) in [6.07, 6.45) is 1.34. The Morgan fingerprint density at radius 1 is 1.23 bits per heavy atom. The molecule has 0 spiro atoms. The Morgan fingerprint density at radius 2 is 2.00 bits per heavy atom. The molecular formula is C19H21N5O4S2. The van der Waals surface area contributed by atoms with Gasteiger partial charge in [-0.05, 0) is 18.2 Å². The smallest absolute Gasteiger partial charge is 0.273 e. The lowest BCUT2D eigenvalue weighted by atomic mass is 10.1. The number of carbonyl (C=O) groups is 1. The molecule has 9 nitrogen and oxygen atoms in total. The zero-order valence-corrected chi connectivity index (χ0v) is 17.8. The number of rotatable bonds is 6. The fourth-order valence-electron chi connectivity index (χ4n) is 3.17. The van der Waals surface area contributed by atoms with E-state index in [2.05, 4.69) is 20.5 Å².